The van der Waals surface area contributed by atoms with E-state index in [1.54, 1.807) is 0 Å². The van der Waals surface area contributed by atoms with Crippen molar-refractivity contribution in [2.75, 3.05) is 13.6 Å². The number of urea groups is 1. The quantitative estimate of drug-likeness (QED) is 0.504. The number of aliphatic hydroxyl groups excluding tert-OH is 1. The molecule has 0 unspecified atom stereocenters. The third-order valence-corrected chi connectivity index (χ3v) is 7.51. The van der Waals surface area contributed by atoms with Crippen LogP contribution in [0.25, 0.3) is 0 Å². The van der Waals surface area contributed by atoms with Crippen LogP contribution in [-0.4, -0.2) is 85.8 Å². The molecule has 4 aliphatic heterocycles. The van der Waals surface area contributed by atoms with E-state index in [9.17, 15) is 29.4 Å². The van der Waals surface area contributed by atoms with Crippen LogP contribution >= 0.6 is 11.8 Å². The fourth-order valence-corrected chi connectivity index (χ4v) is 6.22. The summed E-state index contributed by atoms with van der Waals surface area (Å²) in [5.74, 6) is -2.59. The van der Waals surface area contributed by atoms with Crippen LogP contribution in [0, 0.1) is 11.8 Å². The molecule has 0 bridgehead atoms. The number of imide groups is 1. The van der Waals surface area contributed by atoms with Crippen LogP contribution in [0.15, 0.2) is 10.6 Å². The summed E-state index contributed by atoms with van der Waals surface area (Å²) in [7, 11) is 1.46. The summed E-state index contributed by atoms with van der Waals surface area (Å²) in [6, 6.07) is -1.18. The van der Waals surface area contributed by atoms with Crippen LogP contribution in [0.5, 0.6) is 0 Å². The van der Waals surface area contributed by atoms with Gasteiger partial charge in [-0.2, -0.15) is 0 Å². The number of carbonyl (C=O) groups excluding carboxylic acids is 3. The Bertz CT molecular complexity index is 772. The minimum absolute atomic E-state index is 0.0266. The van der Waals surface area contributed by atoms with E-state index in [-0.39, 0.29) is 40.8 Å². The summed E-state index contributed by atoms with van der Waals surface area (Å²) in [6.45, 7) is 3.76. The second-order valence-electron chi connectivity index (χ2n) is 7.60. The Morgan fingerprint density at radius 1 is 1.26 bits per heavy atom. The number of nitrogens with zero attached hydrogens (tertiary/aromatic N) is 3. The van der Waals surface area contributed by atoms with Gasteiger partial charge in [0.25, 0.3) is 5.91 Å². The molecule has 0 spiro atoms. The van der Waals surface area contributed by atoms with Gasteiger partial charge >= 0.3 is 12.0 Å². The Hall–Kier alpha value is -2.07. The van der Waals surface area contributed by atoms with Crippen molar-refractivity contribution in [3.05, 3.63) is 10.6 Å². The molecule has 0 aliphatic carbocycles. The number of amides is 4. The van der Waals surface area contributed by atoms with Crippen molar-refractivity contribution in [2.24, 2.45) is 11.8 Å². The van der Waals surface area contributed by atoms with Gasteiger partial charge < -0.3 is 20.0 Å². The molecule has 3 fully saturated rings. The molecule has 9 nitrogen and oxygen atoms in total. The normalized spacial score (nSPS) is 36.4. The van der Waals surface area contributed by atoms with Gasteiger partial charge in [0.1, 0.15) is 11.7 Å². The van der Waals surface area contributed by atoms with Gasteiger partial charge in [-0.05, 0) is 13.3 Å². The van der Waals surface area contributed by atoms with Crippen LogP contribution in [-0.2, 0) is 14.4 Å². The fourth-order valence-electron chi connectivity index (χ4n) is 4.70. The number of carboxylic acid groups (broad SMARTS) is 1. The summed E-state index contributed by atoms with van der Waals surface area (Å²) in [6.07, 6.45) is -0.385. The minimum atomic E-state index is -1.17. The van der Waals surface area contributed by atoms with Gasteiger partial charge in [0.05, 0.1) is 18.1 Å². The number of fused-ring (bicyclic) bond motifs is 2. The Balaban J connectivity index is 1.57. The summed E-state index contributed by atoms with van der Waals surface area (Å²) in [4.78, 5) is 53.0. The zero-order valence-corrected chi connectivity index (χ0v) is 16.0. The highest BCUT2D eigenvalue weighted by Crippen LogP contribution is 2.52. The molecular weight excluding hydrogens is 374 g/mol. The predicted octanol–water partition coefficient (Wildman–Crippen LogP) is -0.0918. The Kier molecular flexibility index (Phi) is 4.04. The molecule has 6 atom stereocenters. The number of likely N-dealkylation sites (N-methyl/N-ethyl adjacent to an activating group) is 1. The van der Waals surface area contributed by atoms with Crippen molar-refractivity contribution in [1.82, 2.24) is 14.7 Å². The molecule has 4 heterocycles. The van der Waals surface area contributed by atoms with Crippen LogP contribution in [0.4, 0.5) is 4.79 Å². The molecular formula is C17H21N3O6S. The molecule has 0 aromatic heterocycles. The third kappa shape index (κ3) is 2.35. The summed E-state index contributed by atoms with van der Waals surface area (Å²) >= 11 is 1.34. The highest BCUT2D eigenvalue weighted by Gasteiger charge is 2.60. The topological polar surface area (TPSA) is 118 Å². The van der Waals surface area contributed by atoms with Gasteiger partial charge in [0, 0.05) is 29.7 Å². The van der Waals surface area contributed by atoms with Gasteiger partial charge in [0.2, 0.25) is 5.91 Å². The second-order valence-corrected chi connectivity index (χ2v) is 8.94. The van der Waals surface area contributed by atoms with Crippen LogP contribution in [0.1, 0.15) is 20.3 Å². The molecule has 4 amide bonds. The molecule has 10 heteroatoms. The first-order valence-corrected chi connectivity index (χ1v) is 9.76. The lowest BCUT2D eigenvalue weighted by Crippen LogP contribution is -2.63. The maximum atomic E-state index is 12.4. The molecule has 4 aliphatic rings. The van der Waals surface area contributed by atoms with Crippen molar-refractivity contribution < 1.29 is 29.4 Å². The van der Waals surface area contributed by atoms with Crippen LogP contribution in [0.2, 0.25) is 0 Å². The maximum absolute atomic E-state index is 12.4. The highest BCUT2D eigenvalue weighted by atomic mass is 32.2. The van der Waals surface area contributed by atoms with E-state index in [1.165, 1.54) is 35.5 Å². The number of aliphatic carboxylic acids is 1. The van der Waals surface area contributed by atoms with Gasteiger partial charge in [-0.1, -0.05) is 6.92 Å². The van der Waals surface area contributed by atoms with E-state index in [2.05, 4.69) is 0 Å². The first kappa shape index (κ1) is 18.3. The standard InChI is InChI=1S/C17H21N3O6S/c1-6-11-10(7(2)21)15(23)20(11)12(16(24)25)13(6)27-8-4-9-14(22)18(3)17(26)19(9)5-8/h6-11,21H,4-5H2,1-3H3,(H,24,25)/t6-,7-,8+,9-,10-,11-/m1/s1. The molecule has 27 heavy (non-hydrogen) atoms. The molecule has 146 valence electrons. The van der Waals surface area contributed by atoms with Crippen molar-refractivity contribution in [1.29, 1.82) is 0 Å². The van der Waals surface area contributed by atoms with E-state index in [0.29, 0.717) is 17.9 Å². The number of carbonyl (C=O) groups is 4. The van der Waals surface area contributed by atoms with Crippen molar-refractivity contribution in [3.8, 4) is 0 Å². The molecule has 0 aromatic rings. The number of β-lactam (4-membered cyclic amide) rings is 1. The average Bonchev–Trinajstić information content (AvgIpc) is 3.17. The molecule has 4 rings (SSSR count). The number of hydrogen-bond acceptors (Lipinski definition) is 6. The minimum Gasteiger partial charge on any atom is -0.477 e. The van der Waals surface area contributed by atoms with Crippen LogP contribution in [0.3, 0.4) is 0 Å². The van der Waals surface area contributed by atoms with E-state index < -0.39 is 24.0 Å². The Morgan fingerprint density at radius 2 is 1.93 bits per heavy atom. The first-order chi connectivity index (χ1) is 12.6. The van der Waals surface area contributed by atoms with Gasteiger partial charge in [-0.3, -0.25) is 14.5 Å². The maximum Gasteiger partial charge on any atom is 0.353 e. The molecule has 0 aromatic carbocycles. The van der Waals surface area contributed by atoms with E-state index in [4.69, 9.17) is 0 Å². The van der Waals surface area contributed by atoms with E-state index in [0.717, 1.165) is 4.90 Å². The first-order valence-electron chi connectivity index (χ1n) is 8.88. The molecule has 3 saturated heterocycles. The van der Waals surface area contributed by atoms with E-state index >= 15 is 0 Å². The number of hydrogen-bond donors (Lipinski definition) is 2. The lowest BCUT2D eigenvalue weighted by molar-refractivity contribution is -0.163. The van der Waals surface area contributed by atoms with Crippen LogP contribution < -0.4 is 0 Å². The second kappa shape index (κ2) is 5.96. The highest BCUT2D eigenvalue weighted by molar-refractivity contribution is 8.03. The van der Waals surface area contributed by atoms with Gasteiger partial charge in [-0.15, -0.1) is 11.8 Å². The van der Waals surface area contributed by atoms with E-state index in [1.807, 2.05) is 6.92 Å². The smallest absolute Gasteiger partial charge is 0.353 e. The fraction of sp³-hybridized carbons (Fsp3) is 0.647. The zero-order valence-electron chi connectivity index (χ0n) is 15.2. The van der Waals surface area contributed by atoms with Crippen molar-refractivity contribution in [3.63, 3.8) is 0 Å². The summed E-state index contributed by atoms with van der Waals surface area (Å²) in [5.41, 5.74) is -0.0266. The monoisotopic (exact) mass is 395 g/mol. The Morgan fingerprint density at radius 3 is 2.48 bits per heavy atom. The number of aliphatic hydroxyl groups is 1. The SMILES string of the molecule is C[C@@H](O)[C@H]1C(=O)N2C(C(=O)O)=C(S[C@H]3C[C@@H]4C(=O)N(C)C(=O)N4C3)[C@H](C)[C@H]12. The average molecular weight is 395 g/mol. The van der Waals surface area contributed by atoms with Gasteiger partial charge in [-0.25, -0.2) is 9.59 Å². The lowest BCUT2D eigenvalue weighted by atomic mass is 9.79. The van der Waals surface area contributed by atoms with Crippen molar-refractivity contribution >= 4 is 35.6 Å². The molecule has 0 saturated carbocycles. The number of carboxylic acids is 1. The summed E-state index contributed by atoms with van der Waals surface area (Å²) < 4.78 is 0. The molecule has 2 N–H and O–H groups in total. The largest absolute Gasteiger partial charge is 0.477 e. The zero-order chi connectivity index (χ0) is 19.8. The Labute approximate surface area is 160 Å². The van der Waals surface area contributed by atoms with Crippen molar-refractivity contribution in [2.45, 2.75) is 43.7 Å². The number of thioether (sulfide) groups is 1. The predicted molar refractivity (Wildman–Crippen MR) is 94.3 cm³/mol. The van der Waals surface area contributed by atoms with Gasteiger partial charge in [0.15, 0.2) is 0 Å². The summed E-state index contributed by atoms with van der Waals surface area (Å²) in [5, 5.41) is 19.4. The molecule has 0 radical (unpaired) electrons. The lowest BCUT2D eigenvalue weighted by Gasteiger charge is -2.46. The third-order valence-electron chi connectivity index (χ3n) is 6.02. The number of rotatable bonds is 4.